The van der Waals surface area contributed by atoms with Crippen molar-refractivity contribution >= 4 is 0 Å². The van der Waals surface area contributed by atoms with Crippen LogP contribution < -0.4 is 0 Å². The van der Waals surface area contributed by atoms with Crippen molar-refractivity contribution < 1.29 is 0 Å². The standard InChI is InChI=1S/C9H18.C3H8.C2H6/c1-8-5-4-6-9(2,3)7-8;1-3-2;1-2/h8H,4-7H2,1-3H3;3H2,1-2H3;1-2H3. The highest BCUT2D eigenvalue weighted by molar-refractivity contribution is 4.76. The van der Waals surface area contributed by atoms with Gasteiger partial charge in [0.05, 0.1) is 0 Å². The molecule has 0 heteroatoms. The van der Waals surface area contributed by atoms with E-state index in [1.165, 1.54) is 32.1 Å². The maximum atomic E-state index is 2.39. The van der Waals surface area contributed by atoms with Gasteiger partial charge in [-0.15, -0.1) is 0 Å². The van der Waals surface area contributed by atoms with E-state index in [0.717, 1.165) is 5.92 Å². The lowest BCUT2D eigenvalue weighted by atomic mass is 9.73. The van der Waals surface area contributed by atoms with Crippen molar-refractivity contribution in [2.45, 2.75) is 80.6 Å². The minimum absolute atomic E-state index is 0.650. The van der Waals surface area contributed by atoms with Crippen LogP contribution in [0.3, 0.4) is 0 Å². The van der Waals surface area contributed by atoms with Gasteiger partial charge < -0.3 is 0 Å². The van der Waals surface area contributed by atoms with Crippen molar-refractivity contribution in [3.63, 3.8) is 0 Å². The van der Waals surface area contributed by atoms with Crippen molar-refractivity contribution in [3.05, 3.63) is 0 Å². The first-order chi connectivity index (χ1) is 6.52. The van der Waals surface area contributed by atoms with E-state index >= 15 is 0 Å². The van der Waals surface area contributed by atoms with Crippen LogP contribution in [0.5, 0.6) is 0 Å². The molecule has 0 aromatic rings. The molecule has 0 saturated heterocycles. The molecule has 1 atom stereocenters. The second-order valence-corrected chi connectivity index (χ2v) is 5.07. The average molecular weight is 200 g/mol. The van der Waals surface area contributed by atoms with Gasteiger partial charge in [-0.05, 0) is 24.2 Å². The second-order valence-electron chi connectivity index (χ2n) is 5.07. The summed E-state index contributed by atoms with van der Waals surface area (Å²) in [7, 11) is 0. The molecule has 0 heterocycles. The van der Waals surface area contributed by atoms with Crippen LogP contribution in [0.25, 0.3) is 0 Å². The molecular weight excluding hydrogens is 168 g/mol. The highest BCUT2D eigenvalue weighted by atomic mass is 14.3. The van der Waals surface area contributed by atoms with Gasteiger partial charge in [-0.25, -0.2) is 0 Å². The van der Waals surface area contributed by atoms with Gasteiger partial charge in [0.2, 0.25) is 0 Å². The summed E-state index contributed by atoms with van der Waals surface area (Å²) in [6.45, 7) is 15.4. The zero-order chi connectivity index (χ0) is 11.6. The molecular formula is C14H32. The highest BCUT2D eigenvalue weighted by Crippen LogP contribution is 2.37. The van der Waals surface area contributed by atoms with E-state index in [0.29, 0.717) is 5.41 Å². The minimum Gasteiger partial charge on any atom is -0.0683 e. The third-order valence-corrected chi connectivity index (χ3v) is 2.45. The van der Waals surface area contributed by atoms with Gasteiger partial charge in [-0.2, -0.15) is 0 Å². The summed E-state index contributed by atoms with van der Waals surface area (Å²) in [5, 5.41) is 0. The number of rotatable bonds is 0. The normalized spacial score (nSPS) is 23.8. The average Bonchev–Trinajstić information content (AvgIpc) is 2.06. The zero-order valence-electron chi connectivity index (χ0n) is 11.6. The maximum absolute atomic E-state index is 2.39. The Kier molecular flexibility index (Phi) is 11.2. The van der Waals surface area contributed by atoms with Crippen LogP contribution in [0.1, 0.15) is 80.6 Å². The van der Waals surface area contributed by atoms with Gasteiger partial charge in [-0.1, -0.05) is 67.7 Å². The SMILES string of the molecule is CC.CC1CCCC(C)(C)C1.CCC. The maximum Gasteiger partial charge on any atom is -0.0352 e. The molecule has 0 radical (unpaired) electrons. The van der Waals surface area contributed by atoms with E-state index in [2.05, 4.69) is 34.6 Å². The first-order valence-electron chi connectivity index (χ1n) is 6.52. The number of hydrogen-bond acceptors (Lipinski definition) is 0. The summed E-state index contributed by atoms with van der Waals surface area (Å²) >= 11 is 0. The summed E-state index contributed by atoms with van der Waals surface area (Å²) in [5.74, 6) is 0.980. The molecule has 0 amide bonds. The van der Waals surface area contributed by atoms with Crippen LogP contribution in [0.15, 0.2) is 0 Å². The Labute approximate surface area is 92.5 Å². The topological polar surface area (TPSA) is 0 Å². The highest BCUT2D eigenvalue weighted by Gasteiger charge is 2.24. The van der Waals surface area contributed by atoms with Crippen LogP contribution in [-0.2, 0) is 0 Å². The Bertz CT molecular complexity index is 103. The molecule has 0 aliphatic heterocycles. The van der Waals surface area contributed by atoms with Crippen molar-refractivity contribution in [1.29, 1.82) is 0 Å². The first-order valence-corrected chi connectivity index (χ1v) is 6.52. The molecule has 1 fully saturated rings. The van der Waals surface area contributed by atoms with Crippen LogP contribution >= 0.6 is 0 Å². The molecule has 1 rings (SSSR count). The molecule has 0 bridgehead atoms. The molecule has 0 spiro atoms. The fourth-order valence-electron chi connectivity index (χ4n) is 2.08. The predicted octanol–water partition coefficient (Wildman–Crippen LogP) is 5.67. The largest absolute Gasteiger partial charge is 0.0683 e. The molecule has 1 aliphatic rings. The van der Waals surface area contributed by atoms with E-state index in [4.69, 9.17) is 0 Å². The summed E-state index contributed by atoms with van der Waals surface area (Å²) < 4.78 is 0. The zero-order valence-corrected chi connectivity index (χ0v) is 11.6. The van der Waals surface area contributed by atoms with Crippen LogP contribution in [0, 0.1) is 11.3 Å². The van der Waals surface area contributed by atoms with Crippen LogP contribution in [-0.4, -0.2) is 0 Å². The van der Waals surface area contributed by atoms with Crippen LogP contribution in [0.4, 0.5) is 0 Å². The Balaban J connectivity index is 0. The van der Waals surface area contributed by atoms with Gasteiger partial charge in [0.25, 0.3) is 0 Å². The third kappa shape index (κ3) is 10.1. The molecule has 0 aromatic heterocycles. The van der Waals surface area contributed by atoms with E-state index in [-0.39, 0.29) is 0 Å². The minimum atomic E-state index is 0.650. The fourth-order valence-corrected chi connectivity index (χ4v) is 2.08. The summed E-state index contributed by atoms with van der Waals surface area (Å²) in [5.41, 5.74) is 0.650. The van der Waals surface area contributed by atoms with E-state index in [9.17, 15) is 0 Å². The van der Waals surface area contributed by atoms with Crippen LogP contribution in [0.2, 0.25) is 0 Å². The molecule has 0 nitrogen and oxygen atoms in total. The Morgan fingerprint density at radius 3 is 1.79 bits per heavy atom. The lowest BCUT2D eigenvalue weighted by molar-refractivity contribution is 0.191. The Morgan fingerprint density at radius 2 is 1.57 bits per heavy atom. The number of hydrogen-bond donors (Lipinski definition) is 0. The van der Waals surface area contributed by atoms with Gasteiger partial charge >= 0.3 is 0 Å². The molecule has 0 N–H and O–H groups in total. The molecule has 88 valence electrons. The summed E-state index contributed by atoms with van der Waals surface area (Å²) in [6, 6.07) is 0. The van der Waals surface area contributed by atoms with Gasteiger partial charge in [0, 0.05) is 0 Å². The van der Waals surface area contributed by atoms with E-state index in [1.54, 1.807) is 0 Å². The molecule has 14 heavy (non-hydrogen) atoms. The lowest BCUT2D eigenvalue weighted by Gasteiger charge is -2.33. The second kappa shape index (κ2) is 9.55. The van der Waals surface area contributed by atoms with Crippen molar-refractivity contribution in [3.8, 4) is 0 Å². The monoisotopic (exact) mass is 200 g/mol. The smallest absolute Gasteiger partial charge is 0.0352 e. The molecule has 1 unspecified atom stereocenters. The van der Waals surface area contributed by atoms with Gasteiger partial charge in [-0.3, -0.25) is 0 Å². The van der Waals surface area contributed by atoms with E-state index in [1.807, 2.05) is 13.8 Å². The Hall–Kier alpha value is 0. The van der Waals surface area contributed by atoms with Crippen molar-refractivity contribution in [2.24, 2.45) is 11.3 Å². The fraction of sp³-hybridized carbons (Fsp3) is 1.00. The molecule has 0 aromatic carbocycles. The predicted molar refractivity (Wildman–Crippen MR) is 68.7 cm³/mol. The lowest BCUT2D eigenvalue weighted by Crippen LogP contribution is -2.20. The first kappa shape index (κ1) is 16.4. The Morgan fingerprint density at radius 1 is 1.14 bits per heavy atom. The van der Waals surface area contributed by atoms with Crippen molar-refractivity contribution in [1.82, 2.24) is 0 Å². The molecule has 1 saturated carbocycles. The summed E-state index contributed by atoms with van der Waals surface area (Å²) in [6.07, 6.45) is 7.04. The third-order valence-electron chi connectivity index (χ3n) is 2.45. The molecule has 1 aliphatic carbocycles. The quantitative estimate of drug-likeness (QED) is 0.473. The summed E-state index contributed by atoms with van der Waals surface area (Å²) in [4.78, 5) is 0. The van der Waals surface area contributed by atoms with Crippen molar-refractivity contribution in [2.75, 3.05) is 0 Å². The van der Waals surface area contributed by atoms with E-state index < -0.39 is 0 Å². The van der Waals surface area contributed by atoms with Gasteiger partial charge in [0.15, 0.2) is 0 Å². The van der Waals surface area contributed by atoms with Gasteiger partial charge in [0.1, 0.15) is 0 Å².